The molecule has 0 aromatic heterocycles. The lowest BCUT2D eigenvalue weighted by Gasteiger charge is -2.17. The van der Waals surface area contributed by atoms with Gasteiger partial charge in [-0.15, -0.1) is 0 Å². The summed E-state index contributed by atoms with van der Waals surface area (Å²) in [5.74, 6) is -0.725. The maximum atomic E-state index is 12.4. The van der Waals surface area contributed by atoms with Gasteiger partial charge in [-0.05, 0) is 24.0 Å². The molecule has 27 heavy (non-hydrogen) atoms. The van der Waals surface area contributed by atoms with Crippen molar-refractivity contribution in [2.24, 2.45) is 0 Å². The third-order valence-electron chi connectivity index (χ3n) is 4.09. The normalized spacial score (nSPS) is 10.5. The second kappa shape index (κ2) is 8.77. The summed E-state index contributed by atoms with van der Waals surface area (Å²) in [6.45, 7) is 5.93. The van der Waals surface area contributed by atoms with E-state index in [-0.39, 0.29) is 11.6 Å². The first-order chi connectivity index (χ1) is 12.8. The summed E-state index contributed by atoms with van der Waals surface area (Å²) >= 11 is 6.05. The van der Waals surface area contributed by atoms with Gasteiger partial charge in [0.1, 0.15) is 11.5 Å². The Morgan fingerprint density at radius 2 is 1.63 bits per heavy atom. The van der Waals surface area contributed by atoms with Gasteiger partial charge < -0.3 is 20.1 Å². The Bertz CT molecular complexity index is 865. The van der Waals surface area contributed by atoms with Crippen LogP contribution in [0.5, 0.6) is 11.5 Å². The lowest BCUT2D eigenvalue weighted by molar-refractivity contribution is -0.133. The van der Waals surface area contributed by atoms with Crippen LogP contribution in [0.2, 0.25) is 5.02 Å². The van der Waals surface area contributed by atoms with Crippen LogP contribution >= 0.6 is 11.6 Å². The van der Waals surface area contributed by atoms with Crippen LogP contribution in [0.1, 0.15) is 30.9 Å². The maximum absolute atomic E-state index is 12.4. The molecule has 0 aliphatic rings. The van der Waals surface area contributed by atoms with E-state index >= 15 is 0 Å². The topological polar surface area (TPSA) is 76.7 Å². The zero-order chi connectivity index (χ0) is 20.1. The van der Waals surface area contributed by atoms with Gasteiger partial charge in [0.25, 0.3) is 0 Å². The van der Waals surface area contributed by atoms with Gasteiger partial charge in [0, 0.05) is 17.8 Å². The Morgan fingerprint density at radius 1 is 1.00 bits per heavy atom. The molecule has 0 heterocycles. The minimum absolute atomic E-state index is 0.198. The van der Waals surface area contributed by atoms with Gasteiger partial charge >= 0.3 is 11.8 Å². The minimum Gasteiger partial charge on any atom is -0.495 e. The Balaban J connectivity index is 2.24. The molecule has 2 aromatic carbocycles. The molecule has 144 valence electrons. The Morgan fingerprint density at radius 3 is 2.22 bits per heavy atom. The quantitative estimate of drug-likeness (QED) is 0.743. The van der Waals surface area contributed by atoms with E-state index in [1.165, 1.54) is 26.4 Å². The lowest BCUT2D eigenvalue weighted by Crippen LogP contribution is -2.30. The van der Waals surface area contributed by atoms with Crippen molar-refractivity contribution in [1.82, 2.24) is 0 Å². The van der Waals surface area contributed by atoms with Crippen LogP contribution in [-0.2, 0) is 9.59 Å². The summed E-state index contributed by atoms with van der Waals surface area (Å²) < 4.78 is 10.3. The third kappa shape index (κ3) is 4.71. The predicted octanol–water partition coefficient (Wildman–Crippen LogP) is 4.37. The molecule has 0 saturated heterocycles. The van der Waals surface area contributed by atoms with Crippen LogP contribution in [0.4, 0.5) is 11.4 Å². The summed E-state index contributed by atoms with van der Waals surface area (Å²) in [6.07, 6.45) is 0. The summed E-state index contributed by atoms with van der Waals surface area (Å²) in [7, 11) is 2.90. The van der Waals surface area contributed by atoms with Crippen LogP contribution in [0.3, 0.4) is 0 Å². The number of hydrogen-bond acceptors (Lipinski definition) is 4. The summed E-state index contributed by atoms with van der Waals surface area (Å²) in [5, 5.41) is 5.58. The molecule has 2 N–H and O–H groups in total. The summed E-state index contributed by atoms with van der Waals surface area (Å²) in [5.41, 5.74) is 2.77. The minimum atomic E-state index is -0.823. The molecular weight excluding hydrogens is 368 g/mol. The highest BCUT2D eigenvalue weighted by Crippen LogP contribution is 2.36. The molecule has 6 nitrogen and oxygen atoms in total. The van der Waals surface area contributed by atoms with Crippen molar-refractivity contribution in [3.05, 3.63) is 46.5 Å². The van der Waals surface area contributed by atoms with E-state index in [1.54, 1.807) is 0 Å². The molecular formula is C20H23ClN2O4. The molecule has 0 unspecified atom stereocenters. The first kappa shape index (κ1) is 20.6. The van der Waals surface area contributed by atoms with Crippen LogP contribution in [0.15, 0.2) is 30.3 Å². The van der Waals surface area contributed by atoms with Crippen LogP contribution in [0, 0.1) is 6.92 Å². The molecule has 0 spiro atoms. The van der Waals surface area contributed by atoms with Gasteiger partial charge in [0.2, 0.25) is 0 Å². The number of ether oxygens (including phenoxy) is 2. The number of halogens is 1. The van der Waals surface area contributed by atoms with Crippen molar-refractivity contribution < 1.29 is 19.1 Å². The van der Waals surface area contributed by atoms with Crippen LogP contribution in [-0.4, -0.2) is 26.0 Å². The van der Waals surface area contributed by atoms with Crippen molar-refractivity contribution in [2.45, 2.75) is 26.7 Å². The van der Waals surface area contributed by atoms with E-state index in [9.17, 15) is 9.59 Å². The number of aryl methyl sites for hydroxylation is 1. The summed E-state index contributed by atoms with van der Waals surface area (Å²) in [6, 6.07) is 8.74. The molecule has 0 fully saturated rings. The number of benzene rings is 2. The first-order valence-corrected chi connectivity index (χ1v) is 8.79. The van der Waals surface area contributed by atoms with Gasteiger partial charge in [-0.1, -0.05) is 43.6 Å². The monoisotopic (exact) mass is 390 g/mol. The number of para-hydroxylation sites is 1. The van der Waals surface area contributed by atoms with E-state index in [0.717, 1.165) is 11.1 Å². The number of carbonyl (C=O) groups is 2. The fourth-order valence-electron chi connectivity index (χ4n) is 2.65. The van der Waals surface area contributed by atoms with E-state index < -0.39 is 11.8 Å². The fraction of sp³-hybridized carbons (Fsp3) is 0.300. The highest BCUT2D eigenvalue weighted by atomic mass is 35.5. The average Bonchev–Trinajstić information content (AvgIpc) is 2.63. The van der Waals surface area contributed by atoms with Gasteiger partial charge in [-0.2, -0.15) is 0 Å². The Kier molecular flexibility index (Phi) is 6.69. The smallest absolute Gasteiger partial charge is 0.314 e. The number of methoxy groups -OCH3 is 2. The lowest BCUT2D eigenvalue weighted by atomic mass is 9.98. The van der Waals surface area contributed by atoms with E-state index in [4.69, 9.17) is 21.1 Å². The zero-order valence-corrected chi connectivity index (χ0v) is 16.7. The number of rotatable bonds is 5. The Hall–Kier alpha value is -2.73. The number of amides is 2. The molecule has 0 aliphatic heterocycles. The van der Waals surface area contributed by atoms with Gasteiger partial charge in [0.15, 0.2) is 0 Å². The molecule has 0 aliphatic carbocycles. The molecule has 0 atom stereocenters. The van der Waals surface area contributed by atoms with Crippen molar-refractivity contribution in [1.29, 1.82) is 0 Å². The average molecular weight is 391 g/mol. The predicted molar refractivity (Wildman–Crippen MR) is 107 cm³/mol. The van der Waals surface area contributed by atoms with E-state index in [2.05, 4.69) is 10.6 Å². The highest BCUT2D eigenvalue weighted by Gasteiger charge is 2.20. The number of carbonyl (C=O) groups excluding carboxylic acids is 2. The van der Waals surface area contributed by atoms with Crippen LogP contribution < -0.4 is 20.1 Å². The fourth-order valence-corrected chi connectivity index (χ4v) is 2.88. The SMILES string of the molecule is COc1cc(NC(=O)C(=O)Nc2c(C)cccc2C(C)C)c(OC)cc1Cl. The zero-order valence-electron chi connectivity index (χ0n) is 16.0. The molecule has 7 heteroatoms. The van der Waals surface area contributed by atoms with E-state index in [0.29, 0.717) is 22.2 Å². The number of anilines is 2. The van der Waals surface area contributed by atoms with Gasteiger partial charge in [-0.3, -0.25) is 9.59 Å². The Labute approximate surface area is 163 Å². The van der Waals surface area contributed by atoms with E-state index in [1.807, 2.05) is 39.0 Å². The molecule has 0 saturated carbocycles. The van der Waals surface area contributed by atoms with Crippen LogP contribution in [0.25, 0.3) is 0 Å². The molecule has 2 aromatic rings. The molecule has 0 bridgehead atoms. The van der Waals surface area contributed by atoms with Crippen molar-refractivity contribution in [2.75, 3.05) is 24.9 Å². The van der Waals surface area contributed by atoms with Crippen molar-refractivity contribution in [3.63, 3.8) is 0 Å². The molecule has 2 amide bonds. The standard InChI is InChI=1S/C20H23ClN2O4/c1-11(2)13-8-6-7-12(3)18(13)23-20(25)19(24)22-15-10-16(26-4)14(21)9-17(15)27-5/h6-11H,1-5H3,(H,22,24)(H,23,25). The van der Waals surface area contributed by atoms with Gasteiger partial charge in [0.05, 0.1) is 24.9 Å². The maximum Gasteiger partial charge on any atom is 0.314 e. The van der Waals surface area contributed by atoms with Crippen molar-refractivity contribution >= 4 is 34.8 Å². The second-order valence-corrected chi connectivity index (χ2v) is 6.70. The second-order valence-electron chi connectivity index (χ2n) is 6.29. The highest BCUT2D eigenvalue weighted by molar-refractivity contribution is 6.44. The molecule has 2 rings (SSSR count). The van der Waals surface area contributed by atoms with Gasteiger partial charge in [-0.25, -0.2) is 0 Å². The number of hydrogen-bond donors (Lipinski definition) is 2. The molecule has 0 radical (unpaired) electrons. The van der Waals surface area contributed by atoms with Crippen molar-refractivity contribution in [3.8, 4) is 11.5 Å². The largest absolute Gasteiger partial charge is 0.495 e. The summed E-state index contributed by atoms with van der Waals surface area (Å²) in [4.78, 5) is 24.9. The number of nitrogens with one attached hydrogen (secondary N) is 2. The third-order valence-corrected chi connectivity index (χ3v) is 4.39. The first-order valence-electron chi connectivity index (χ1n) is 8.41.